The number of carbonyl (C=O) groups is 2. The van der Waals surface area contributed by atoms with Crippen LogP contribution >= 0.6 is 0 Å². The van der Waals surface area contributed by atoms with Crippen molar-refractivity contribution < 1.29 is 19.1 Å². The van der Waals surface area contributed by atoms with Crippen LogP contribution in [0.1, 0.15) is 40.9 Å². The standard InChI is InChI=1S/C19H22N2O4/c1-3-24-19(23)18-14(2)20-16(21-18)11-7-8-12-17(22)25-13-15-9-5-4-6-10-15/h4-6,8-10,12H,3,7,11,13H2,1-2H3,(H,20,21)/b12-8+. The molecule has 6 nitrogen and oxygen atoms in total. The van der Waals surface area contributed by atoms with Gasteiger partial charge in [0, 0.05) is 18.2 Å². The molecule has 25 heavy (non-hydrogen) atoms. The molecule has 0 unspecified atom stereocenters. The monoisotopic (exact) mass is 342 g/mol. The van der Waals surface area contributed by atoms with Gasteiger partial charge in [0.25, 0.3) is 0 Å². The Morgan fingerprint density at radius 3 is 2.68 bits per heavy atom. The molecule has 0 spiro atoms. The Bertz CT molecular complexity index is 735. The van der Waals surface area contributed by atoms with Crippen LogP contribution in [-0.4, -0.2) is 28.5 Å². The lowest BCUT2D eigenvalue weighted by Crippen LogP contribution is -2.06. The Balaban J connectivity index is 1.76. The Labute approximate surface area is 146 Å². The molecule has 0 radical (unpaired) electrons. The van der Waals surface area contributed by atoms with Crippen LogP contribution in [-0.2, 0) is 27.3 Å². The molecular formula is C19H22N2O4. The summed E-state index contributed by atoms with van der Waals surface area (Å²) in [6.07, 6.45) is 4.33. The molecule has 0 aliphatic rings. The highest BCUT2D eigenvalue weighted by atomic mass is 16.5. The molecule has 1 aromatic carbocycles. The fraction of sp³-hybridized carbons (Fsp3) is 0.316. The Kier molecular flexibility index (Phi) is 6.95. The summed E-state index contributed by atoms with van der Waals surface area (Å²) in [5.74, 6) is -0.128. The van der Waals surface area contributed by atoms with Crippen LogP contribution < -0.4 is 0 Å². The first-order valence-electron chi connectivity index (χ1n) is 8.20. The van der Waals surface area contributed by atoms with E-state index in [0.29, 0.717) is 36.7 Å². The first-order chi connectivity index (χ1) is 12.1. The normalized spacial score (nSPS) is 10.8. The predicted molar refractivity (Wildman–Crippen MR) is 93.0 cm³/mol. The highest BCUT2D eigenvalue weighted by Gasteiger charge is 2.15. The number of carbonyl (C=O) groups excluding carboxylic acids is 2. The number of esters is 2. The van der Waals surface area contributed by atoms with Gasteiger partial charge < -0.3 is 14.5 Å². The van der Waals surface area contributed by atoms with Gasteiger partial charge >= 0.3 is 11.9 Å². The predicted octanol–water partition coefficient (Wildman–Crippen LogP) is 3.13. The highest BCUT2D eigenvalue weighted by Crippen LogP contribution is 2.09. The zero-order valence-electron chi connectivity index (χ0n) is 14.5. The van der Waals surface area contributed by atoms with Crippen molar-refractivity contribution in [1.82, 2.24) is 9.97 Å². The molecule has 6 heteroatoms. The first-order valence-corrected chi connectivity index (χ1v) is 8.20. The van der Waals surface area contributed by atoms with E-state index in [1.807, 2.05) is 30.3 Å². The molecule has 0 fully saturated rings. The van der Waals surface area contributed by atoms with Crippen molar-refractivity contribution >= 4 is 11.9 Å². The first kappa shape index (κ1) is 18.4. The van der Waals surface area contributed by atoms with E-state index >= 15 is 0 Å². The summed E-state index contributed by atoms with van der Waals surface area (Å²) in [5.41, 5.74) is 1.93. The Morgan fingerprint density at radius 1 is 1.20 bits per heavy atom. The maximum absolute atomic E-state index is 11.7. The van der Waals surface area contributed by atoms with E-state index in [1.165, 1.54) is 6.08 Å². The average Bonchev–Trinajstić information content (AvgIpc) is 2.99. The molecule has 0 aliphatic carbocycles. The lowest BCUT2D eigenvalue weighted by atomic mass is 10.2. The van der Waals surface area contributed by atoms with Crippen LogP contribution in [0.3, 0.4) is 0 Å². The molecule has 1 N–H and O–H groups in total. The Morgan fingerprint density at radius 2 is 1.96 bits per heavy atom. The minimum absolute atomic E-state index is 0.254. The summed E-state index contributed by atoms with van der Waals surface area (Å²) >= 11 is 0. The number of nitrogens with one attached hydrogen (secondary N) is 1. The third-order valence-corrected chi connectivity index (χ3v) is 3.43. The highest BCUT2D eigenvalue weighted by molar-refractivity contribution is 5.88. The van der Waals surface area contributed by atoms with Crippen molar-refractivity contribution in [2.75, 3.05) is 6.61 Å². The van der Waals surface area contributed by atoms with E-state index in [2.05, 4.69) is 9.97 Å². The lowest BCUT2D eigenvalue weighted by molar-refractivity contribution is -0.139. The SMILES string of the molecule is CCOC(=O)c1nc(CC/C=C/C(=O)OCc2ccccc2)[nH]c1C. The second-order valence-electron chi connectivity index (χ2n) is 5.41. The zero-order valence-corrected chi connectivity index (χ0v) is 14.5. The van der Waals surface area contributed by atoms with Gasteiger partial charge in [0.05, 0.1) is 6.61 Å². The molecule has 0 atom stereocenters. The maximum atomic E-state index is 11.7. The van der Waals surface area contributed by atoms with Gasteiger partial charge in [0.1, 0.15) is 12.4 Å². The number of rotatable bonds is 8. The molecule has 2 aromatic rings. The summed E-state index contributed by atoms with van der Waals surface area (Å²) in [4.78, 5) is 30.7. The Hall–Kier alpha value is -2.89. The van der Waals surface area contributed by atoms with E-state index < -0.39 is 5.97 Å². The second kappa shape index (κ2) is 9.42. The summed E-state index contributed by atoms with van der Waals surface area (Å²) in [6, 6.07) is 9.51. The molecule has 0 saturated carbocycles. The van der Waals surface area contributed by atoms with Gasteiger partial charge in [-0.3, -0.25) is 0 Å². The molecule has 132 valence electrons. The van der Waals surface area contributed by atoms with Crippen LogP contribution in [0, 0.1) is 6.92 Å². The minimum Gasteiger partial charge on any atom is -0.461 e. The number of H-pyrrole nitrogens is 1. The number of aromatic nitrogens is 2. The molecular weight excluding hydrogens is 320 g/mol. The third kappa shape index (κ3) is 5.91. The van der Waals surface area contributed by atoms with E-state index in [0.717, 1.165) is 5.56 Å². The largest absolute Gasteiger partial charge is 0.461 e. The number of benzene rings is 1. The van der Waals surface area contributed by atoms with Gasteiger partial charge in [0.15, 0.2) is 5.69 Å². The molecule has 0 amide bonds. The van der Waals surface area contributed by atoms with Crippen molar-refractivity contribution in [3.63, 3.8) is 0 Å². The van der Waals surface area contributed by atoms with Crippen molar-refractivity contribution in [2.45, 2.75) is 33.3 Å². The maximum Gasteiger partial charge on any atom is 0.358 e. The number of ether oxygens (including phenoxy) is 2. The molecule has 0 saturated heterocycles. The van der Waals surface area contributed by atoms with E-state index in [1.54, 1.807) is 19.9 Å². The summed E-state index contributed by atoms with van der Waals surface area (Å²) in [5, 5.41) is 0. The molecule has 0 bridgehead atoms. The summed E-state index contributed by atoms with van der Waals surface area (Å²) in [6.45, 7) is 4.10. The molecule has 1 aromatic heterocycles. The number of imidazole rings is 1. The average molecular weight is 342 g/mol. The molecule has 2 rings (SSSR count). The smallest absolute Gasteiger partial charge is 0.358 e. The minimum atomic E-state index is -0.428. The van der Waals surface area contributed by atoms with Crippen molar-refractivity contribution in [1.29, 1.82) is 0 Å². The van der Waals surface area contributed by atoms with Crippen LogP contribution in [0.4, 0.5) is 0 Å². The number of aromatic amines is 1. The van der Waals surface area contributed by atoms with Crippen molar-refractivity contribution in [3.05, 3.63) is 65.3 Å². The fourth-order valence-corrected chi connectivity index (χ4v) is 2.22. The summed E-state index contributed by atoms with van der Waals surface area (Å²) in [7, 11) is 0. The van der Waals surface area contributed by atoms with E-state index in [9.17, 15) is 9.59 Å². The van der Waals surface area contributed by atoms with Gasteiger partial charge in [-0.05, 0) is 25.8 Å². The van der Waals surface area contributed by atoms with Gasteiger partial charge in [0.2, 0.25) is 0 Å². The number of nitrogens with zero attached hydrogens (tertiary/aromatic N) is 1. The van der Waals surface area contributed by atoms with Crippen molar-refractivity contribution in [3.8, 4) is 0 Å². The zero-order chi connectivity index (χ0) is 18.1. The van der Waals surface area contributed by atoms with Crippen molar-refractivity contribution in [2.24, 2.45) is 0 Å². The van der Waals surface area contributed by atoms with Crippen LogP contribution in [0.2, 0.25) is 0 Å². The van der Waals surface area contributed by atoms with Crippen LogP contribution in [0.25, 0.3) is 0 Å². The number of hydrogen-bond donors (Lipinski definition) is 1. The number of aryl methyl sites for hydroxylation is 2. The lowest BCUT2D eigenvalue weighted by Gasteiger charge is -2.01. The fourth-order valence-electron chi connectivity index (χ4n) is 2.22. The summed E-state index contributed by atoms with van der Waals surface area (Å²) < 4.78 is 10.1. The molecule has 1 heterocycles. The van der Waals surface area contributed by atoms with Crippen LogP contribution in [0.5, 0.6) is 0 Å². The van der Waals surface area contributed by atoms with E-state index in [4.69, 9.17) is 9.47 Å². The third-order valence-electron chi connectivity index (χ3n) is 3.43. The number of allylic oxidation sites excluding steroid dienone is 1. The second-order valence-corrected chi connectivity index (χ2v) is 5.41. The van der Waals surface area contributed by atoms with E-state index in [-0.39, 0.29) is 12.6 Å². The van der Waals surface area contributed by atoms with Gasteiger partial charge in [-0.2, -0.15) is 0 Å². The van der Waals surface area contributed by atoms with Gasteiger partial charge in [-0.15, -0.1) is 0 Å². The van der Waals surface area contributed by atoms with Gasteiger partial charge in [-0.25, -0.2) is 14.6 Å². The van der Waals surface area contributed by atoms with Crippen LogP contribution in [0.15, 0.2) is 42.5 Å². The quantitative estimate of drug-likeness (QED) is 0.589. The molecule has 0 aliphatic heterocycles. The number of hydrogen-bond acceptors (Lipinski definition) is 5. The van der Waals surface area contributed by atoms with Gasteiger partial charge in [-0.1, -0.05) is 36.4 Å². The topological polar surface area (TPSA) is 81.3 Å².